The molecule has 174 valence electrons. The molecule has 7 nitrogen and oxygen atoms in total. The average Bonchev–Trinajstić information content (AvgIpc) is 3.13. The number of esters is 1. The van der Waals surface area contributed by atoms with Crippen molar-refractivity contribution in [2.45, 2.75) is 12.6 Å². The summed E-state index contributed by atoms with van der Waals surface area (Å²) < 4.78 is 15.4. The maximum atomic E-state index is 13.3. The fourth-order valence-corrected chi connectivity index (χ4v) is 4.12. The molecule has 34 heavy (non-hydrogen) atoms. The van der Waals surface area contributed by atoms with Crippen molar-refractivity contribution >= 4 is 17.4 Å². The first-order valence-electron chi connectivity index (χ1n) is 10.7. The van der Waals surface area contributed by atoms with Crippen molar-refractivity contribution < 1.29 is 28.9 Å². The van der Waals surface area contributed by atoms with Crippen LogP contribution in [0.3, 0.4) is 0 Å². The molecular weight excluding hydrogens is 434 g/mol. The molecule has 3 aromatic rings. The van der Waals surface area contributed by atoms with E-state index in [0.29, 0.717) is 28.2 Å². The molecule has 0 saturated carbocycles. The summed E-state index contributed by atoms with van der Waals surface area (Å²) in [7, 11) is 4.48. The van der Waals surface area contributed by atoms with E-state index in [1.165, 1.54) is 7.11 Å². The van der Waals surface area contributed by atoms with Gasteiger partial charge < -0.3 is 24.2 Å². The quantitative estimate of drug-likeness (QED) is 0.522. The van der Waals surface area contributed by atoms with Crippen LogP contribution in [0.5, 0.6) is 11.5 Å². The Hall–Kier alpha value is -4.26. The van der Waals surface area contributed by atoms with Crippen molar-refractivity contribution in [1.82, 2.24) is 4.90 Å². The number of aliphatic hydroxyl groups excluding tert-OH is 1. The summed E-state index contributed by atoms with van der Waals surface area (Å²) in [6, 6.07) is 20.9. The van der Waals surface area contributed by atoms with E-state index in [1.54, 1.807) is 55.5 Å². The van der Waals surface area contributed by atoms with Crippen molar-refractivity contribution in [1.29, 1.82) is 0 Å². The van der Waals surface area contributed by atoms with Gasteiger partial charge in [-0.1, -0.05) is 36.4 Å². The van der Waals surface area contributed by atoms with Crippen LogP contribution >= 0.6 is 0 Å². The van der Waals surface area contributed by atoms with E-state index in [0.717, 1.165) is 11.1 Å². The second-order valence-electron chi connectivity index (χ2n) is 7.79. The van der Waals surface area contributed by atoms with Gasteiger partial charge in [-0.25, -0.2) is 4.79 Å². The van der Waals surface area contributed by atoms with E-state index in [-0.39, 0.29) is 12.3 Å². The largest absolute Gasteiger partial charge is 0.503 e. The first kappa shape index (κ1) is 22.9. The van der Waals surface area contributed by atoms with Crippen molar-refractivity contribution in [2.24, 2.45) is 0 Å². The number of nitrogens with zero attached hydrogens (tertiary/aromatic N) is 1. The highest BCUT2D eigenvalue weighted by atomic mass is 16.5. The number of carbonyl (C=O) groups excluding carboxylic acids is 2. The van der Waals surface area contributed by atoms with Gasteiger partial charge in [-0.3, -0.25) is 4.79 Å². The van der Waals surface area contributed by atoms with Gasteiger partial charge >= 0.3 is 5.97 Å². The summed E-state index contributed by atoms with van der Waals surface area (Å²) in [6.07, 6.45) is 0. The Kier molecular flexibility index (Phi) is 6.54. The van der Waals surface area contributed by atoms with E-state index in [4.69, 9.17) is 14.2 Å². The van der Waals surface area contributed by atoms with Crippen LogP contribution in [0.15, 0.2) is 78.6 Å². The first-order valence-corrected chi connectivity index (χ1v) is 10.7. The fourth-order valence-electron chi connectivity index (χ4n) is 4.12. The van der Waals surface area contributed by atoms with E-state index in [9.17, 15) is 14.7 Å². The zero-order chi connectivity index (χ0) is 24.2. The lowest BCUT2D eigenvalue weighted by Gasteiger charge is -2.28. The molecule has 0 spiro atoms. The minimum atomic E-state index is -0.571. The van der Waals surface area contributed by atoms with Crippen LogP contribution in [0.1, 0.15) is 33.1 Å². The Morgan fingerprint density at radius 1 is 0.912 bits per heavy atom. The molecular formula is C27H25NO6. The Labute approximate surface area is 197 Å². The highest BCUT2D eigenvalue weighted by Crippen LogP contribution is 2.44. The topological polar surface area (TPSA) is 85.3 Å². The molecule has 0 aliphatic carbocycles. The molecule has 4 rings (SSSR count). The van der Waals surface area contributed by atoms with Gasteiger partial charge in [0.1, 0.15) is 11.5 Å². The Morgan fingerprint density at radius 2 is 1.59 bits per heavy atom. The number of aliphatic hydroxyl groups is 1. The molecule has 0 aromatic heterocycles. The van der Waals surface area contributed by atoms with Gasteiger partial charge in [0, 0.05) is 12.1 Å². The smallest absolute Gasteiger partial charge is 0.337 e. The first-order chi connectivity index (χ1) is 16.5. The third-order valence-electron chi connectivity index (χ3n) is 5.84. The standard InChI is InChI=1S/C27H25NO6/c1-32-21-13-11-18(12-14-21)23-24(19-7-9-20(10-8-19)27(31)34-3)28(26(30)25(23)29)16-17-5-4-6-22(15-17)33-2/h4-15,24,29H,16H2,1-3H3/t24-/m1/s1. The highest BCUT2D eigenvalue weighted by Gasteiger charge is 2.41. The second-order valence-corrected chi connectivity index (χ2v) is 7.79. The van der Waals surface area contributed by atoms with Gasteiger partial charge in [-0.05, 0) is 53.1 Å². The number of hydrogen-bond donors (Lipinski definition) is 1. The Bertz CT molecular complexity index is 1230. The van der Waals surface area contributed by atoms with E-state index >= 15 is 0 Å². The van der Waals surface area contributed by atoms with Crippen molar-refractivity contribution in [3.05, 3.63) is 101 Å². The normalized spacial score (nSPS) is 15.4. The SMILES string of the molecule is COC(=O)c1ccc([C@@H]2C(c3ccc(OC)cc3)=C(O)C(=O)N2Cc2cccc(OC)c2)cc1. The third-order valence-corrected chi connectivity index (χ3v) is 5.84. The summed E-state index contributed by atoms with van der Waals surface area (Å²) >= 11 is 0. The summed E-state index contributed by atoms with van der Waals surface area (Å²) in [5, 5.41) is 11.0. The minimum Gasteiger partial charge on any atom is -0.503 e. The van der Waals surface area contributed by atoms with Crippen molar-refractivity contribution in [3.63, 3.8) is 0 Å². The molecule has 1 amide bonds. The van der Waals surface area contributed by atoms with Crippen molar-refractivity contribution in [2.75, 3.05) is 21.3 Å². The summed E-state index contributed by atoms with van der Waals surface area (Å²) in [5.41, 5.74) is 3.18. The molecule has 0 radical (unpaired) electrons. The Balaban J connectivity index is 1.78. The predicted octanol–water partition coefficient (Wildman–Crippen LogP) is 4.54. The van der Waals surface area contributed by atoms with Gasteiger partial charge in [-0.15, -0.1) is 0 Å². The minimum absolute atomic E-state index is 0.253. The van der Waals surface area contributed by atoms with Crippen molar-refractivity contribution in [3.8, 4) is 11.5 Å². The van der Waals surface area contributed by atoms with E-state index in [1.807, 2.05) is 36.4 Å². The molecule has 0 bridgehead atoms. The van der Waals surface area contributed by atoms with Crippen LogP contribution in [0, 0.1) is 0 Å². The van der Waals surface area contributed by atoms with E-state index in [2.05, 4.69) is 0 Å². The molecule has 1 atom stereocenters. The average molecular weight is 459 g/mol. The van der Waals surface area contributed by atoms with Crippen LogP contribution in [0.2, 0.25) is 0 Å². The third kappa shape index (κ3) is 4.32. The second kappa shape index (κ2) is 9.70. The zero-order valence-corrected chi connectivity index (χ0v) is 19.1. The maximum absolute atomic E-state index is 13.3. The van der Waals surface area contributed by atoms with Crippen LogP contribution < -0.4 is 9.47 Å². The number of amides is 1. The molecule has 0 fully saturated rings. The van der Waals surface area contributed by atoms with Gasteiger partial charge in [0.2, 0.25) is 0 Å². The van der Waals surface area contributed by atoms with Crippen LogP contribution in [-0.2, 0) is 16.1 Å². The number of ether oxygens (including phenoxy) is 3. The van der Waals surface area contributed by atoms with Gasteiger partial charge in [-0.2, -0.15) is 0 Å². The number of hydrogen-bond acceptors (Lipinski definition) is 6. The molecule has 7 heteroatoms. The number of benzene rings is 3. The molecule has 0 unspecified atom stereocenters. The molecule has 3 aromatic carbocycles. The van der Waals surface area contributed by atoms with Gasteiger partial charge in [0.05, 0.1) is 32.9 Å². The lowest BCUT2D eigenvalue weighted by molar-refractivity contribution is -0.130. The van der Waals surface area contributed by atoms with Crippen LogP contribution in [-0.4, -0.2) is 43.2 Å². The van der Waals surface area contributed by atoms with Crippen LogP contribution in [0.4, 0.5) is 0 Å². The molecule has 1 aliphatic rings. The molecule has 1 heterocycles. The monoisotopic (exact) mass is 459 g/mol. The summed E-state index contributed by atoms with van der Waals surface area (Å²) in [4.78, 5) is 26.8. The van der Waals surface area contributed by atoms with Gasteiger partial charge in [0.25, 0.3) is 5.91 Å². The molecule has 1 aliphatic heterocycles. The predicted molar refractivity (Wildman–Crippen MR) is 127 cm³/mol. The summed E-state index contributed by atoms with van der Waals surface area (Å²) in [5.74, 6) is 0.109. The summed E-state index contributed by atoms with van der Waals surface area (Å²) in [6.45, 7) is 0.253. The lowest BCUT2D eigenvalue weighted by atomic mass is 9.92. The fraction of sp³-hybridized carbons (Fsp3) is 0.185. The lowest BCUT2D eigenvalue weighted by Crippen LogP contribution is -2.29. The van der Waals surface area contributed by atoms with Crippen LogP contribution in [0.25, 0.3) is 5.57 Å². The Morgan fingerprint density at radius 3 is 2.21 bits per heavy atom. The zero-order valence-electron chi connectivity index (χ0n) is 19.1. The number of methoxy groups -OCH3 is 3. The van der Waals surface area contributed by atoms with E-state index < -0.39 is 17.9 Å². The van der Waals surface area contributed by atoms with Gasteiger partial charge in [0.15, 0.2) is 5.76 Å². The molecule has 1 N–H and O–H groups in total. The number of rotatable bonds is 7. The number of carbonyl (C=O) groups is 2. The highest BCUT2D eigenvalue weighted by molar-refractivity contribution is 6.05. The molecule has 0 saturated heterocycles. The maximum Gasteiger partial charge on any atom is 0.337 e.